The van der Waals surface area contributed by atoms with Gasteiger partial charge in [0.25, 0.3) is 5.56 Å². The first-order valence-corrected chi connectivity index (χ1v) is 10.00. The maximum atomic E-state index is 12.9. The molecule has 5 rings (SSSR count). The van der Waals surface area contributed by atoms with Gasteiger partial charge in [-0.3, -0.25) is 9.36 Å². The minimum absolute atomic E-state index is 0.139. The van der Waals surface area contributed by atoms with Crippen molar-refractivity contribution in [2.75, 3.05) is 0 Å². The van der Waals surface area contributed by atoms with Crippen molar-refractivity contribution < 1.29 is 4.52 Å². The normalized spacial score (nSPS) is 11.2. The maximum absolute atomic E-state index is 12.9. The van der Waals surface area contributed by atoms with Crippen LogP contribution in [0, 0.1) is 0 Å². The molecule has 142 valence electrons. The zero-order valence-electron chi connectivity index (χ0n) is 14.9. The molecular weight excluding hydrogens is 408 g/mol. The van der Waals surface area contributed by atoms with Gasteiger partial charge in [-0.15, -0.1) is 11.3 Å². The van der Waals surface area contributed by atoms with Gasteiger partial charge >= 0.3 is 0 Å². The highest BCUT2D eigenvalue weighted by Gasteiger charge is 2.14. The summed E-state index contributed by atoms with van der Waals surface area (Å²) < 4.78 is 6.79. The largest absolute Gasteiger partial charge is 0.337 e. The molecule has 0 fully saturated rings. The van der Waals surface area contributed by atoms with E-state index in [-0.39, 0.29) is 12.1 Å². The Bertz CT molecular complexity index is 1360. The van der Waals surface area contributed by atoms with Gasteiger partial charge in [-0.1, -0.05) is 47.1 Å². The lowest BCUT2D eigenvalue weighted by molar-refractivity contribution is 0.369. The van der Waals surface area contributed by atoms with Gasteiger partial charge in [0.1, 0.15) is 11.4 Å². The first kappa shape index (κ1) is 17.8. The van der Waals surface area contributed by atoms with E-state index in [4.69, 9.17) is 16.1 Å². The highest BCUT2D eigenvalue weighted by molar-refractivity contribution is 7.21. The van der Waals surface area contributed by atoms with Gasteiger partial charge < -0.3 is 4.52 Å². The summed E-state index contributed by atoms with van der Waals surface area (Å²) in [6.45, 7) is 0.152. The summed E-state index contributed by atoms with van der Waals surface area (Å²) >= 11 is 7.40. The number of thiophene rings is 1. The van der Waals surface area contributed by atoms with Crippen molar-refractivity contribution in [3.05, 3.63) is 88.3 Å². The first-order chi connectivity index (χ1) is 14.2. The average molecular weight is 421 g/mol. The third kappa shape index (κ3) is 3.46. The quantitative estimate of drug-likeness (QED) is 0.414. The van der Waals surface area contributed by atoms with Gasteiger partial charge in [0.2, 0.25) is 11.7 Å². The second-order valence-corrected chi connectivity index (χ2v) is 7.86. The molecule has 3 heterocycles. The Morgan fingerprint density at radius 3 is 2.62 bits per heavy atom. The predicted octanol–water partition coefficient (Wildman–Crippen LogP) is 4.88. The van der Waals surface area contributed by atoms with E-state index in [1.807, 2.05) is 48.5 Å². The number of benzene rings is 2. The van der Waals surface area contributed by atoms with E-state index < -0.39 is 0 Å². The molecule has 3 aromatic heterocycles. The predicted molar refractivity (Wildman–Crippen MR) is 113 cm³/mol. The van der Waals surface area contributed by atoms with Crippen LogP contribution in [0.5, 0.6) is 0 Å². The zero-order valence-corrected chi connectivity index (χ0v) is 16.5. The van der Waals surface area contributed by atoms with Crippen LogP contribution in [0.2, 0.25) is 5.02 Å². The summed E-state index contributed by atoms with van der Waals surface area (Å²) in [6.07, 6.45) is 1.52. The lowest BCUT2D eigenvalue weighted by Crippen LogP contribution is -2.20. The van der Waals surface area contributed by atoms with E-state index in [9.17, 15) is 4.79 Å². The standard InChI is InChI=1S/C21H13ClN4O2S/c22-15-8-6-14(7-9-15)19-24-18(28-25-19)11-26-12-23-20-16(21(26)27)10-17(29-20)13-4-2-1-3-5-13/h1-10,12H,11H2. The van der Waals surface area contributed by atoms with E-state index in [0.29, 0.717) is 27.0 Å². The second-order valence-electron chi connectivity index (χ2n) is 6.39. The number of hydrogen-bond donors (Lipinski definition) is 0. The van der Waals surface area contributed by atoms with Crippen LogP contribution in [-0.4, -0.2) is 19.7 Å². The molecule has 0 atom stereocenters. The Labute approximate surface area is 174 Å². The van der Waals surface area contributed by atoms with Crippen molar-refractivity contribution in [1.82, 2.24) is 19.7 Å². The van der Waals surface area contributed by atoms with E-state index in [2.05, 4.69) is 15.1 Å². The molecule has 0 N–H and O–H groups in total. The monoisotopic (exact) mass is 420 g/mol. The molecule has 0 aliphatic carbocycles. The molecule has 5 aromatic rings. The molecule has 0 amide bonds. The fourth-order valence-electron chi connectivity index (χ4n) is 3.00. The molecule has 0 radical (unpaired) electrons. The lowest BCUT2D eigenvalue weighted by Gasteiger charge is -2.00. The van der Waals surface area contributed by atoms with Gasteiger partial charge in [-0.25, -0.2) is 4.98 Å². The molecule has 0 spiro atoms. The molecule has 0 aliphatic rings. The molecule has 0 unspecified atom stereocenters. The molecule has 0 aliphatic heterocycles. The van der Waals surface area contributed by atoms with Crippen molar-refractivity contribution >= 4 is 33.2 Å². The van der Waals surface area contributed by atoms with Crippen LogP contribution < -0.4 is 5.56 Å². The number of halogens is 1. The van der Waals surface area contributed by atoms with Crippen LogP contribution in [0.4, 0.5) is 0 Å². The van der Waals surface area contributed by atoms with Crippen LogP contribution in [0.25, 0.3) is 32.0 Å². The molecule has 8 heteroatoms. The first-order valence-electron chi connectivity index (χ1n) is 8.80. The minimum Gasteiger partial charge on any atom is -0.337 e. The van der Waals surface area contributed by atoms with Crippen LogP contribution in [0.1, 0.15) is 5.89 Å². The van der Waals surface area contributed by atoms with Gasteiger partial charge in [0.15, 0.2) is 0 Å². The minimum atomic E-state index is -0.139. The topological polar surface area (TPSA) is 73.8 Å². The summed E-state index contributed by atoms with van der Waals surface area (Å²) in [6, 6.07) is 19.0. The third-order valence-corrected chi connectivity index (χ3v) is 5.80. The Balaban J connectivity index is 1.46. The van der Waals surface area contributed by atoms with Crippen molar-refractivity contribution in [3.8, 4) is 21.8 Å². The van der Waals surface area contributed by atoms with Crippen LogP contribution >= 0.6 is 22.9 Å². The highest BCUT2D eigenvalue weighted by Crippen LogP contribution is 2.30. The third-order valence-electron chi connectivity index (χ3n) is 4.45. The van der Waals surface area contributed by atoms with Gasteiger partial charge in [0.05, 0.1) is 11.7 Å². The lowest BCUT2D eigenvalue weighted by atomic mass is 10.2. The summed E-state index contributed by atoms with van der Waals surface area (Å²) in [4.78, 5) is 23.4. The molecule has 0 saturated heterocycles. The number of aromatic nitrogens is 4. The zero-order chi connectivity index (χ0) is 19.8. The number of nitrogens with zero attached hydrogens (tertiary/aromatic N) is 4. The van der Waals surface area contributed by atoms with Crippen molar-refractivity contribution in [1.29, 1.82) is 0 Å². The molecule has 0 bridgehead atoms. The van der Waals surface area contributed by atoms with E-state index in [1.54, 1.807) is 12.1 Å². The molecule has 0 saturated carbocycles. The fraction of sp³-hybridized carbons (Fsp3) is 0.0476. The van der Waals surface area contributed by atoms with Crippen molar-refractivity contribution in [2.45, 2.75) is 6.54 Å². The Kier molecular flexibility index (Phi) is 4.46. The van der Waals surface area contributed by atoms with Crippen LogP contribution in [-0.2, 0) is 6.54 Å². The molecular formula is C21H13ClN4O2S. The summed E-state index contributed by atoms with van der Waals surface area (Å²) in [7, 11) is 0. The molecule has 29 heavy (non-hydrogen) atoms. The molecule has 2 aromatic carbocycles. The average Bonchev–Trinajstić information content (AvgIpc) is 3.39. The van der Waals surface area contributed by atoms with Gasteiger partial charge in [-0.05, 0) is 35.9 Å². The summed E-state index contributed by atoms with van der Waals surface area (Å²) in [5.74, 6) is 0.775. The van der Waals surface area contributed by atoms with E-state index in [1.165, 1.54) is 22.2 Å². The number of rotatable bonds is 4. The summed E-state index contributed by atoms with van der Waals surface area (Å²) in [5.41, 5.74) is 1.71. The van der Waals surface area contributed by atoms with Crippen LogP contribution in [0.3, 0.4) is 0 Å². The Morgan fingerprint density at radius 1 is 1.03 bits per heavy atom. The van der Waals surface area contributed by atoms with E-state index in [0.717, 1.165) is 16.0 Å². The van der Waals surface area contributed by atoms with Crippen molar-refractivity contribution in [2.24, 2.45) is 0 Å². The summed E-state index contributed by atoms with van der Waals surface area (Å²) in [5, 5.41) is 5.20. The second kappa shape index (κ2) is 7.27. The van der Waals surface area contributed by atoms with E-state index >= 15 is 0 Å². The fourth-order valence-corrected chi connectivity index (χ4v) is 4.12. The number of hydrogen-bond acceptors (Lipinski definition) is 6. The molecule has 6 nitrogen and oxygen atoms in total. The Morgan fingerprint density at radius 2 is 1.83 bits per heavy atom. The van der Waals surface area contributed by atoms with Gasteiger partial charge in [-0.2, -0.15) is 4.98 Å². The smallest absolute Gasteiger partial charge is 0.262 e. The van der Waals surface area contributed by atoms with Crippen molar-refractivity contribution in [3.63, 3.8) is 0 Å². The number of fused-ring (bicyclic) bond motifs is 1. The Hall–Kier alpha value is -3.29. The maximum Gasteiger partial charge on any atom is 0.262 e. The van der Waals surface area contributed by atoms with Gasteiger partial charge in [0, 0.05) is 15.5 Å². The highest BCUT2D eigenvalue weighted by atomic mass is 35.5. The van der Waals surface area contributed by atoms with Crippen LogP contribution in [0.15, 0.2) is 76.3 Å². The SMILES string of the molecule is O=c1c2cc(-c3ccccc3)sc2ncn1Cc1nc(-c2ccc(Cl)cc2)no1.